The molecule has 2 saturated carbocycles. The molecule has 1 spiro atoms. The second-order valence-electron chi connectivity index (χ2n) is 15.8. The van der Waals surface area contributed by atoms with Gasteiger partial charge >= 0.3 is 0 Å². The zero-order valence-electron chi connectivity index (χ0n) is 29.2. The van der Waals surface area contributed by atoms with Crippen LogP contribution in [-0.4, -0.2) is 80.7 Å². The highest BCUT2D eigenvalue weighted by Gasteiger charge is 2.64. The van der Waals surface area contributed by atoms with Gasteiger partial charge in [-0.2, -0.15) is 0 Å². The van der Waals surface area contributed by atoms with Crippen LogP contribution < -0.4 is 9.46 Å². The van der Waals surface area contributed by atoms with Gasteiger partial charge in [0.05, 0.1) is 24.0 Å². The van der Waals surface area contributed by atoms with Crippen LogP contribution in [0.25, 0.3) is 22.2 Å². The number of hydrogen-bond acceptors (Lipinski definition) is 6. The molecule has 5 aliphatic rings. The van der Waals surface area contributed by atoms with E-state index in [1.54, 1.807) is 20.1 Å². The highest BCUT2D eigenvalue weighted by atomic mass is 32.2. The summed E-state index contributed by atoms with van der Waals surface area (Å²) in [6.45, 7) is 6.06. The van der Waals surface area contributed by atoms with Crippen molar-refractivity contribution in [1.29, 1.82) is 0 Å². The standard InChI is InChI=1S/C39H50N4O5S/c1-4-19-49(46,47)40-36(44)27-11-13-30-33(20-27)43-25-39(37(45)42-17-8-15-38(24-42)16-18-41(2)23-38)22-32(39)31-21-28(48-3)12-14-29(31)35(43)34(30)26-9-6-5-7-10-26/h11-14,20-21,26,32H,4-10,15-19,22-25H2,1-3H3,(H,40,44). The van der Waals surface area contributed by atoms with Crippen LogP contribution >= 0.6 is 0 Å². The minimum Gasteiger partial charge on any atom is -0.497 e. The second-order valence-corrected chi connectivity index (χ2v) is 17.7. The number of rotatable bonds is 7. The molecule has 9 nitrogen and oxygen atoms in total. The number of methoxy groups -OCH3 is 1. The topological polar surface area (TPSA) is 101 Å². The third-order valence-electron chi connectivity index (χ3n) is 12.5. The van der Waals surface area contributed by atoms with E-state index in [-0.39, 0.29) is 23.0 Å². The number of fused-ring (bicyclic) bond motifs is 7. The molecule has 3 aliphatic heterocycles. The van der Waals surface area contributed by atoms with Gasteiger partial charge in [-0.3, -0.25) is 9.59 Å². The normalized spacial score (nSPS) is 27.0. The number of benzene rings is 2. The quantitative estimate of drug-likeness (QED) is 0.315. The molecular formula is C39H50N4O5S. The molecule has 3 atom stereocenters. The van der Waals surface area contributed by atoms with Crippen LogP contribution in [0.5, 0.6) is 5.75 Å². The zero-order valence-corrected chi connectivity index (χ0v) is 30.0. The van der Waals surface area contributed by atoms with E-state index < -0.39 is 21.3 Å². The number of carbonyl (C=O) groups is 2. The molecule has 10 heteroatoms. The van der Waals surface area contributed by atoms with Crippen LogP contribution in [0.1, 0.15) is 104 Å². The summed E-state index contributed by atoms with van der Waals surface area (Å²) >= 11 is 0. The van der Waals surface area contributed by atoms with Gasteiger partial charge in [0.15, 0.2) is 0 Å². The van der Waals surface area contributed by atoms with E-state index >= 15 is 4.79 Å². The predicted molar refractivity (Wildman–Crippen MR) is 191 cm³/mol. The SMILES string of the molecule is CCCS(=O)(=O)NC(=O)c1ccc2c(C3CCCCC3)c3n(c2c1)CC1(C(=O)N2CCCC4(CCN(C)C4)C2)CC1c1cc(OC)ccc1-3. The molecule has 3 unspecified atom stereocenters. The van der Waals surface area contributed by atoms with Crippen molar-refractivity contribution in [1.82, 2.24) is 19.1 Å². The lowest BCUT2D eigenvalue weighted by Crippen LogP contribution is -2.50. The Morgan fingerprint density at radius 1 is 0.980 bits per heavy atom. The first-order chi connectivity index (χ1) is 23.6. The molecule has 0 radical (unpaired) electrons. The second kappa shape index (κ2) is 12.1. The molecule has 0 bridgehead atoms. The molecule has 262 valence electrons. The summed E-state index contributed by atoms with van der Waals surface area (Å²) in [7, 11) is 0.159. The van der Waals surface area contributed by atoms with E-state index in [4.69, 9.17) is 4.74 Å². The molecule has 1 N–H and O–H groups in total. The van der Waals surface area contributed by atoms with Gasteiger partial charge < -0.3 is 19.1 Å². The molecule has 49 heavy (non-hydrogen) atoms. The van der Waals surface area contributed by atoms with Crippen molar-refractivity contribution in [3.63, 3.8) is 0 Å². The number of ether oxygens (including phenoxy) is 1. The number of nitrogens with zero attached hydrogens (tertiary/aromatic N) is 3. The lowest BCUT2D eigenvalue weighted by atomic mass is 9.78. The third kappa shape index (κ3) is 5.57. The lowest BCUT2D eigenvalue weighted by molar-refractivity contribution is -0.141. The fourth-order valence-corrected chi connectivity index (χ4v) is 11.2. The van der Waals surface area contributed by atoms with Gasteiger partial charge in [0.25, 0.3) is 5.91 Å². The summed E-state index contributed by atoms with van der Waals surface area (Å²) in [6, 6.07) is 12.0. The summed E-state index contributed by atoms with van der Waals surface area (Å²) in [6.07, 6.45) is 10.4. The van der Waals surface area contributed by atoms with E-state index in [2.05, 4.69) is 38.3 Å². The minimum atomic E-state index is -3.73. The van der Waals surface area contributed by atoms with Gasteiger partial charge in [-0.1, -0.05) is 32.3 Å². The number of amides is 2. The zero-order chi connectivity index (χ0) is 34.1. The van der Waals surface area contributed by atoms with Gasteiger partial charge in [-0.25, -0.2) is 13.1 Å². The maximum atomic E-state index is 15.0. The molecule has 2 amide bonds. The first-order valence-electron chi connectivity index (χ1n) is 18.4. The summed E-state index contributed by atoms with van der Waals surface area (Å²) in [5.74, 6) is 0.790. The number of carbonyl (C=O) groups excluding carboxylic acids is 2. The summed E-state index contributed by atoms with van der Waals surface area (Å²) in [4.78, 5) is 33.1. The molecule has 1 aromatic heterocycles. The van der Waals surface area contributed by atoms with Gasteiger partial charge in [0.2, 0.25) is 15.9 Å². The molecule has 3 aromatic rings. The smallest absolute Gasteiger partial charge is 0.264 e. The fraction of sp³-hybridized carbons (Fsp3) is 0.590. The van der Waals surface area contributed by atoms with E-state index in [9.17, 15) is 13.2 Å². The van der Waals surface area contributed by atoms with Crippen molar-refractivity contribution in [2.75, 3.05) is 46.1 Å². The number of aromatic nitrogens is 1. The molecule has 4 heterocycles. The molecule has 2 aromatic carbocycles. The van der Waals surface area contributed by atoms with E-state index in [1.165, 1.54) is 36.8 Å². The predicted octanol–water partition coefficient (Wildman–Crippen LogP) is 6.27. The number of sulfonamides is 1. The van der Waals surface area contributed by atoms with Crippen LogP contribution in [0.2, 0.25) is 0 Å². The van der Waals surface area contributed by atoms with Gasteiger partial charge in [-0.15, -0.1) is 0 Å². The maximum Gasteiger partial charge on any atom is 0.264 e. The minimum absolute atomic E-state index is 0.0778. The molecular weight excluding hydrogens is 637 g/mol. The van der Waals surface area contributed by atoms with Gasteiger partial charge in [0, 0.05) is 59.5 Å². The number of hydrogen-bond donors (Lipinski definition) is 1. The Morgan fingerprint density at radius 3 is 2.53 bits per heavy atom. The largest absolute Gasteiger partial charge is 0.497 e. The maximum absolute atomic E-state index is 15.0. The van der Waals surface area contributed by atoms with Crippen LogP contribution in [-0.2, 0) is 21.4 Å². The lowest BCUT2D eigenvalue weighted by Gasteiger charge is -2.42. The van der Waals surface area contributed by atoms with E-state index in [1.807, 2.05) is 18.2 Å². The Kier molecular flexibility index (Phi) is 8.13. The van der Waals surface area contributed by atoms with Crippen LogP contribution in [0.3, 0.4) is 0 Å². The van der Waals surface area contributed by atoms with Crippen LogP contribution in [0.15, 0.2) is 36.4 Å². The summed E-state index contributed by atoms with van der Waals surface area (Å²) in [5.41, 5.74) is 5.61. The van der Waals surface area contributed by atoms with Crippen molar-refractivity contribution < 1.29 is 22.7 Å². The number of likely N-dealkylation sites (tertiary alicyclic amines) is 2. The van der Waals surface area contributed by atoms with Crippen LogP contribution in [0.4, 0.5) is 0 Å². The van der Waals surface area contributed by atoms with Crippen molar-refractivity contribution >= 4 is 32.7 Å². The summed E-state index contributed by atoms with van der Waals surface area (Å²) in [5, 5.41) is 1.10. The Hall–Kier alpha value is -3.37. The van der Waals surface area contributed by atoms with Gasteiger partial charge in [-0.05, 0) is 106 Å². The fourth-order valence-electron chi connectivity index (χ4n) is 10.1. The molecule has 4 fully saturated rings. The molecule has 2 saturated heterocycles. The molecule has 2 aliphatic carbocycles. The van der Waals surface area contributed by atoms with Crippen molar-refractivity contribution in [3.05, 3.63) is 53.1 Å². The Balaban J connectivity index is 1.28. The van der Waals surface area contributed by atoms with E-state index in [0.717, 1.165) is 86.2 Å². The van der Waals surface area contributed by atoms with Crippen molar-refractivity contribution in [2.24, 2.45) is 10.8 Å². The highest BCUT2D eigenvalue weighted by molar-refractivity contribution is 7.90. The Labute approximate surface area is 290 Å². The van der Waals surface area contributed by atoms with Gasteiger partial charge in [0.1, 0.15) is 5.75 Å². The first-order valence-corrected chi connectivity index (χ1v) is 20.1. The third-order valence-corrected chi connectivity index (χ3v) is 14.0. The first kappa shape index (κ1) is 32.8. The van der Waals surface area contributed by atoms with Crippen LogP contribution in [0, 0.1) is 10.8 Å². The highest BCUT2D eigenvalue weighted by Crippen LogP contribution is 2.66. The number of nitrogens with one attached hydrogen (secondary N) is 1. The average Bonchev–Trinajstić information content (AvgIpc) is 3.63. The van der Waals surface area contributed by atoms with Crippen molar-refractivity contribution in [3.8, 4) is 17.0 Å². The number of piperidine rings is 1. The average molecular weight is 687 g/mol. The Morgan fingerprint density at radius 2 is 1.80 bits per heavy atom. The monoisotopic (exact) mass is 686 g/mol. The summed E-state index contributed by atoms with van der Waals surface area (Å²) < 4.78 is 35.6. The molecule has 8 rings (SSSR count). The Bertz CT molecular complexity index is 1930. The van der Waals surface area contributed by atoms with Crippen molar-refractivity contribution in [2.45, 2.75) is 89.5 Å². The van der Waals surface area contributed by atoms with E-state index in [0.29, 0.717) is 24.4 Å².